The van der Waals surface area contributed by atoms with Gasteiger partial charge in [-0.05, 0) is 48.7 Å². The smallest absolute Gasteiger partial charge is 0.251 e. The van der Waals surface area contributed by atoms with Crippen LogP contribution in [0.25, 0.3) is 33.4 Å². The Balaban J connectivity index is 0.803. The summed E-state index contributed by atoms with van der Waals surface area (Å²) in [5, 5.41) is 114. The van der Waals surface area contributed by atoms with Crippen molar-refractivity contribution in [3.8, 4) is 22.5 Å². The zero-order valence-electron chi connectivity index (χ0n) is 44.1. The maximum absolute atomic E-state index is 13.2. The van der Waals surface area contributed by atoms with Crippen molar-refractivity contribution in [2.24, 2.45) is 0 Å². The van der Waals surface area contributed by atoms with E-state index in [9.17, 15) is 65.4 Å². The second-order valence-electron chi connectivity index (χ2n) is 20.2. The molecule has 14 atom stereocenters. The van der Waals surface area contributed by atoms with Crippen molar-refractivity contribution in [3.63, 3.8) is 0 Å². The summed E-state index contributed by atoms with van der Waals surface area (Å²) in [4.78, 5) is 40.5. The second-order valence-corrected chi connectivity index (χ2v) is 20.2. The maximum atomic E-state index is 13.2. The van der Waals surface area contributed by atoms with Crippen LogP contribution in [0.4, 0.5) is 5.69 Å². The normalized spacial score (nSPS) is 28.4. The third kappa shape index (κ3) is 14.4. The molecule has 0 saturated carbocycles. The van der Waals surface area contributed by atoms with E-state index in [-0.39, 0.29) is 49.6 Å². The molecule has 3 fully saturated rings. The summed E-state index contributed by atoms with van der Waals surface area (Å²) in [6.07, 6.45) is -16.9. The molecule has 24 heteroatoms. The Hall–Kier alpha value is -5.26. The molecule has 2 amide bonds. The number of unbranched alkanes of at least 4 members (excludes halogenated alkanes) is 5. The number of hydrogen-bond acceptors (Lipinski definition) is 21. The van der Waals surface area contributed by atoms with Crippen LogP contribution in [0.3, 0.4) is 0 Å². The van der Waals surface area contributed by atoms with Gasteiger partial charge in [-0.1, -0.05) is 31.7 Å². The lowest BCUT2D eigenvalue weighted by Gasteiger charge is -2.47. The van der Waals surface area contributed by atoms with E-state index < -0.39 is 118 Å². The van der Waals surface area contributed by atoms with Gasteiger partial charge in [0, 0.05) is 92.1 Å². The molecule has 3 saturated heterocycles. The average Bonchev–Trinajstić information content (AvgIpc) is 3.58. The Morgan fingerprint density at radius 2 is 1.33 bits per heavy atom. The summed E-state index contributed by atoms with van der Waals surface area (Å²) in [6, 6.07) is 15.8. The van der Waals surface area contributed by atoms with Crippen LogP contribution >= 0.6 is 0 Å². The summed E-state index contributed by atoms with van der Waals surface area (Å²) >= 11 is 0. The highest BCUT2D eigenvalue weighted by Crippen LogP contribution is 2.42. The van der Waals surface area contributed by atoms with Crippen molar-refractivity contribution in [1.29, 1.82) is 0 Å². The van der Waals surface area contributed by atoms with E-state index in [1.54, 1.807) is 12.1 Å². The number of aliphatic hydroxyl groups excluding tert-OH is 9. The first-order valence-corrected chi connectivity index (χ1v) is 26.2. The van der Waals surface area contributed by atoms with Gasteiger partial charge in [-0.3, -0.25) is 9.59 Å². The van der Waals surface area contributed by atoms with Gasteiger partial charge in [0.1, 0.15) is 86.5 Å². The number of aliphatic hydroxyl groups is 9. The maximum Gasteiger partial charge on any atom is 0.251 e. The molecule has 0 radical (unpaired) electrons. The van der Waals surface area contributed by atoms with Gasteiger partial charge in [-0.2, -0.15) is 0 Å². The number of carbonyl (C=O) groups is 3. The number of hydrogen-bond donors (Lipinski definition) is 11. The van der Waals surface area contributed by atoms with Gasteiger partial charge in [-0.15, -0.1) is 0 Å². The standard InChI is InChI=1S/C54H74N4O20/c1-57(2)29-13-16-32-37(22-29)73-38-23-30(58(3)4)14-17-33(38)43(32)31-15-12-28(21-34(31)51(70)71)50(69)56-19-18-55-42(64)11-9-7-5-6-8-10-20-72-53-46(67)45(66)48(41(27-61)76-53)77-54-47(68)49(44(65)40(26-60)75-54)78-52-36(63)24-35(62)39(25-59)74-52/h12-17,21-23,35-36,39-41,44-49,52-54,59-63,65-68H,5-11,18-20,24-27H2,1-4H3,(H2-,55,56,64,69,70,71)/t35-,36-,39-,40-,41-,44+,45-,46-,47-,48-,49+,52-,53-,54+/m1/s1. The third-order valence-electron chi connectivity index (χ3n) is 14.2. The average molecular weight is 1100 g/mol. The minimum absolute atomic E-state index is 0.100. The van der Waals surface area contributed by atoms with Crippen LogP contribution in [-0.2, 0) is 33.2 Å². The van der Waals surface area contributed by atoms with Crippen LogP contribution in [0.15, 0.2) is 59.0 Å². The van der Waals surface area contributed by atoms with Gasteiger partial charge < -0.3 is 104 Å². The molecule has 0 aromatic heterocycles. The lowest BCUT2D eigenvalue weighted by Crippen LogP contribution is -2.66. The first-order valence-electron chi connectivity index (χ1n) is 26.2. The zero-order chi connectivity index (χ0) is 56.4. The Labute approximate surface area is 450 Å². The molecule has 0 unspecified atom stereocenters. The fraction of sp³-hybridized carbons (Fsp3) is 0.593. The van der Waals surface area contributed by atoms with Crippen molar-refractivity contribution in [1.82, 2.24) is 15.2 Å². The third-order valence-corrected chi connectivity index (χ3v) is 14.2. The number of nitrogens with zero attached hydrogens (tertiary/aromatic N) is 2. The molecule has 7 rings (SSSR count). The van der Waals surface area contributed by atoms with Crippen molar-refractivity contribution in [3.05, 3.63) is 71.1 Å². The number of carbonyl (C=O) groups excluding carboxylic acids is 3. The van der Waals surface area contributed by atoms with E-state index >= 15 is 0 Å². The number of nitrogens with one attached hydrogen (secondary N) is 2. The summed E-state index contributed by atoms with van der Waals surface area (Å²) in [5.74, 6) is -1.61. The number of carboxylic acids is 1. The van der Waals surface area contributed by atoms with Crippen LogP contribution in [0, 0.1) is 0 Å². The molecule has 0 spiro atoms. The van der Waals surface area contributed by atoms with Crippen molar-refractivity contribution in [2.45, 2.75) is 137 Å². The Morgan fingerprint density at radius 3 is 2.03 bits per heavy atom. The second kappa shape index (κ2) is 27.8. The molecule has 430 valence electrons. The Morgan fingerprint density at radius 1 is 0.679 bits per heavy atom. The highest BCUT2D eigenvalue weighted by Gasteiger charge is 2.53. The van der Waals surface area contributed by atoms with Gasteiger partial charge in [0.25, 0.3) is 5.91 Å². The van der Waals surface area contributed by atoms with E-state index in [0.717, 1.165) is 36.7 Å². The van der Waals surface area contributed by atoms with E-state index in [2.05, 4.69) is 10.6 Å². The molecular formula is C54H74N4O20. The van der Waals surface area contributed by atoms with Crippen LogP contribution in [0.1, 0.15) is 72.1 Å². The SMILES string of the molecule is CN(C)c1ccc2c(-c3ccc(C(=O)NCCNC(=O)CCCCCCCCO[C@@H]4O[C@H](CO)[C@@H](O[C@@H]5O[C@H](CO)[C@H](O)[C@H](O[C@H]6O[C@H](CO)[C@H](O)C[C@H]6O)[C@H]5O)[C@H](O)[C@H]4O)cc3C(=O)[O-])c3ccc(=[N+](C)C)cc-3oc2c1. The van der Waals surface area contributed by atoms with E-state index in [0.29, 0.717) is 46.3 Å². The van der Waals surface area contributed by atoms with Gasteiger partial charge in [0.15, 0.2) is 18.9 Å². The lowest BCUT2D eigenvalue weighted by molar-refractivity contribution is -0.376. The number of ether oxygens (including phenoxy) is 6. The van der Waals surface area contributed by atoms with Gasteiger partial charge in [0.2, 0.25) is 11.3 Å². The molecule has 5 aliphatic rings. The first kappa shape index (κ1) is 60.4. The van der Waals surface area contributed by atoms with Crippen LogP contribution in [0.5, 0.6) is 0 Å². The fourth-order valence-electron chi connectivity index (χ4n) is 9.79. The predicted octanol–water partition coefficient (Wildman–Crippen LogP) is -2.26. The highest BCUT2D eigenvalue weighted by molar-refractivity contribution is 6.09. The molecule has 11 N–H and O–H groups in total. The monoisotopic (exact) mass is 1100 g/mol. The molecule has 24 nitrogen and oxygen atoms in total. The molecular weight excluding hydrogens is 1020 g/mol. The number of rotatable bonds is 24. The van der Waals surface area contributed by atoms with Gasteiger partial charge >= 0.3 is 0 Å². The van der Waals surface area contributed by atoms with Gasteiger partial charge in [0.05, 0.1) is 38.0 Å². The molecule has 4 aliphatic heterocycles. The molecule has 2 aromatic carbocycles. The van der Waals surface area contributed by atoms with Crippen molar-refractivity contribution in [2.75, 3.05) is 72.6 Å². The molecule has 2 aromatic rings. The van der Waals surface area contributed by atoms with E-state index in [1.807, 2.05) is 74.1 Å². The number of anilines is 1. The number of fused-ring (bicyclic) bond motifs is 2. The predicted molar refractivity (Wildman–Crippen MR) is 275 cm³/mol. The quantitative estimate of drug-likeness (QED) is 0.0200. The van der Waals surface area contributed by atoms with Crippen molar-refractivity contribution < 1.29 is 98.3 Å². The summed E-state index contributed by atoms with van der Waals surface area (Å²) in [5.41, 5.74) is 3.05. The Kier molecular flexibility index (Phi) is 21.5. The van der Waals surface area contributed by atoms with E-state index in [1.165, 1.54) is 6.07 Å². The van der Waals surface area contributed by atoms with Gasteiger partial charge in [-0.25, -0.2) is 4.58 Å². The van der Waals surface area contributed by atoms with Crippen LogP contribution < -0.4 is 30.6 Å². The molecule has 1 aliphatic carbocycles. The zero-order valence-corrected chi connectivity index (χ0v) is 44.1. The minimum atomic E-state index is -1.85. The fourth-order valence-corrected chi connectivity index (χ4v) is 9.79. The Bertz CT molecular complexity index is 2680. The van der Waals surface area contributed by atoms with Crippen LogP contribution in [0.2, 0.25) is 0 Å². The highest BCUT2D eigenvalue weighted by atomic mass is 16.8. The lowest BCUT2D eigenvalue weighted by atomic mass is 9.89. The topological polar surface area (TPSA) is 355 Å². The summed E-state index contributed by atoms with van der Waals surface area (Å²) in [7, 11) is 7.65. The number of benzene rings is 3. The number of aromatic carboxylic acids is 1. The number of carboxylic acid groups (broad SMARTS) is 1. The first-order chi connectivity index (χ1) is 37.3. The summed E-state index contributed by atoms with van der Waals surface area (Å²) in [6.45, 7) is -1.75. The van der Waals surface area contributed by atoms with E-state index in [4.69, 9.17) is 32.8 Å². The molecule has 78 heavy (non-hydrogen) atoms. The summed E-state index contributed by atoms with van der Waals surface area (Å²) < 4.78 is 42.2. The molecule has 4 heterocycles. The number of amides is 2. The van der Waals surface area contributed by atoms with Crippen LogP contribution in [-0.4, -0.2) is 217 Å². The molecule has 0 bridgehead atoms. The largest absolute Gasteiger partial charge is 0.545 e. The minimum Gasteiger partial charge on any atom is -0.545 e. The van der Waals surface area contributed by atoms with Crippen molar-refractivity contribution >= 4 is 34.4 Å².